The van der Waals surface area contributed by atoms with E-state index in [0.29, 0.717) is 0 Å². The maximum Gasteiger partial charge on any atom is 0.152 e. The van der Waals surface area contributed by atoms with Crippen molar-refractivity contribution >= 4 is 49.9 Å². The van der Waals surface area contributed by atoms with Gasteiger partial charge in [-0.05, 0) is 112 Å². The summed E-state index contributed by atoms with van der Waals surface area (Å²) in [4.78, 5) is 5.00. The molecule has 2 nitrogen and oxygen atoms in total. The first-order valence-corrected chi connectivity index (χ1v) is 21.7. The van der Waals surface area contributed by atoms with Crippen LogP contribution in [0.1, 0.15) is 41.7 Å². The van der Waals surface area contributed by atoms with Gasteiger partial charge >= 0.3 is 0 Å². The van der Waals surface area contributed by atoms with Crippen LogP contribution in [0, 0.1) is 5.41 Å². The summed E-state index contributed by atoms with van der Waals surface area (Å²) in [7, 11) is 0. The van der Waals surface area contributed by atoms with Crippen molar-refractivity contribution in [3.05, 3.63) is 246 Å². The minimum atomic E-state index is -0.166. The molecule has 10 aromatic rings. The van der Waals surface area contributed by atoms with E-state index in [4.69, 9.17) is 10.4 Å². The summed E-state index contributed by atoms with van der Waals surface area (Å²) in [6, 6.07) is 75.7. The molecule has 0 amide bonds. The van der Waals surface area contributed by atoms with E-state index in [-0.39, 0.29) is 11.3 Å². The molecule has 11 rings (SSSR count). The Bertz CT molecular complexity index is 3480. The first-order valence-electron chi connectivity index (χ1n) is 21.7. The molecule has 298 valence electrons. The molecule has 0 atom stereocenters. The Morgan fingerprint density at radius 1 is 0.444 bits per heavy atom. The topological polar surface area (TPSA) is 36.2 Å². The molecule has 0 saturated heterocycles. The number of fused-ring (bicyclic) bond motifs is 6. The molecule has 10 aromatic carbocycles. The molecular weight excluding hydrogens is 761 g/mol. The van der Waals surface area contributed by atoms with Crippen LogP contribution in [0.5, 0.6) is 0 Å². The van der Waals surface area contributed by atoms with E-state index in [1.807, 2.05) is 42.5 Å². The second kappa shape index (κ2) is 15.5. The predicted molar refractivity (Wildman–Crippen MR) is 268 cm³/mol. The Morgan fingerprint density at radius 2 is 0.952 bits per heavy atom. The van der Waals surface area contributed by atoms with E-state index in [2.05, 4.69) is 196 Å². The predicted octanol–water partition coefficient (Wildman–Crippen LogP) is 16.0. The number of benzene rings is 10. The first kappa shape index (κ1) is 38.0. The summed E-state index contributed by atoms with van der Waals surface area (Å²) in [5.41, 5.74) is 15.9. The van der Waals surface area contributed by atoms with E-state index in [0.717, 1.165) is 38.9 Å². The molecule has 0 aliphatic heterocycles. The molecule has 0 radical (unpaired) electrons. The third-order valence-corrected chi connectivity index (χ3v) is 13.0. The second-order valence-corrected chi connectivity index (χ2v) is 17.0. The average Bonchev–Trinajstić information content (AvgIpc) is 3.57. The van der Waals surface area contributed by atoms with Crippen LogP contribution in [0.3, 0.4) is 0 Å². The van der Waals surface area contributed by atoms with Crippen LogP contribution in [0.2, 0.25) is 0 Å². The Hall–Kier alpha value is -7.94. The maximum atomic E-state index is 9.05. The fraction of sp³-hybridized carbons (Fsp3) is 0.0492. The normalized spacial score (nSPS) is 13.1. The summed E-state index contributed by atoms with van der Waals surface area (Å²) < 4.78 is 0. The highest BCUT2D eigenvalue weighted by Gasteiger charge is 2.38. The van der Waals surface area contributed by atoms with Crippen LogP contribution in [0.25, 0.3) is 82.9 Å². The minimum Gasteiger partial charge on any atom is -0.282 e. The summed E-state index contributed by atoms with van der Waals surface area (Å²) in [6.45, 7) is 4.78. The van der Waals surface area contributed by atoms with Crippen molar-refractivity contribution in [1.82, 2.24) is 0 Å². The molecule has 0 aromatic heterocycles. The highest BCUT2D eigenvalue weighted by molar-refractivity contribution is 6.20. The van der Waals surface area contributed by atoms with E-state index < -0.39 is 0 Å². The summed E-state index contributed by atoms with van der Waals surface area (Å²) in [5.74, 6) is 0.218. The lowest BCUT2D eigenvalue weighted by atomic mass is 9.77. The molecule has 0 heterocycles. The van der Waals surface area contributed by atoms with Crippen molar-refractivity contribution in [2.75, 3.05) is 0 Å². The molecule has 0 bridgehead atoms. The third kappa shape index (κ3) is 6.59. The standard InChI is InChI=1S/C61H44N2/c1-61(2)57-39-44-23-10-9-22-43(44)38-56(57)55-31-17-30-54(59(55)61)52-36-35-51(48-27-14-15-28-49(48)52)50-34-32-41(45-24-11-13-26-47(45)50)33-37-58(63-60(62)42-20-7-4-8-21-42)53-29-16-12-25-46(53)40-18-5-3-6-19-40/h3-39,62H,1-2H3/b37-33+,62-60?,63-58?. The molecule has 0 unspecified atom stereocenters. The van der Waals surface area contributed by atoms with Crippen LogP contribution < -0.4 is 0 Å². The minimum absolute atomic E-state index is 0.166. The summed E-state index contributed by atoms with van der Waals surface area (Å²) >= 11 is 0. The highest BCUT2D eigenvalue weighted by atomic mass is 14.8. The van der Waals surface area contributed by atoms with Gasteiger partial charge in [-0.1, -0.05) is 220 Å². The average molecular weight is 805 g/mol. The zero-order chi connectivity index (χ0) is 42.5. The van der Waals surface area contributed by atoms with Gasteiger partial charge in [-0.15, -0.1) is 0 Å². The van der Waals surface area contributed by atoms with Crippen molar-refractivity contribution in [1.29, 1.82) is 5.41 Å². The molecule has 1 aliphatic carbocycles. The van der Waals surface area contributed by atoms with Crippen LogP contribution in [0.15, 0.2) is 223 Å². The van der Waals surface area contributed by atoms with Crippen LogP contribution in [-0.4, -0.2) is 11.5 Å². The van der Waals surface area contributed by atoms with Gasteiger partial charge in [-0.2, -0.15) is 0 Å². The van der Waals surface area contributed by atoms with E-state index >= 15 is 0 Å². The molecular formula is C61H44N2. The Kier molecular flexibility index (Phi) is 9.36. The number of nitrogens with one attached hydrogen (secondary N) is 1. The lowest BCUT2D eigenvalue weighted by molar-refractivity contribution is 0.663. The fourth-order valence-corrected chi connectivity index (χ4v) is 9.97. The third-order valence-electron chi connectivity index (χ3n) is 13.0. The van der Waals surface area contributed by atoms with Gasteiger partial charge in [0.1, 0.15) is 0 Å². The monoisotopic (exact) mass is 804 g/mol. The Balaban J connectivity index is 1.02. The molecule has 2 heteroatoms. The number of hydrogen-bond donors (Lipinski definition) is 1. The SMILES string of the molecule is CC1(C)c2cc3ccccc3cc2-c2cccc(-c3ccc(-c4ccc(/C=C/C(=NC(=N)c5ccccc5)c5ccccc5-c5ccccc5)c5ccccc45)c4ccccc34)c21. The number of amidine groups is 1. The Labute approximate surface area is 368 Å². The van der Waals surface area contributed by atoms with Gasteiger partial charge in [0.2, 0.25) is 0 Å². The van der Waals surface area contributed by atoms with Gasteiger partial charge in [0.05, 0.1) is 5.71 Å². The smallest absolute Gasteiger partial charge is 0.152 e. The zero-order valence-electron chi connectivity index (χ0n) is 35.3. The van der Waals surface area contributed by atoms with Gasteiger partial charge in [0, 0.05) is 16.5 Å². The Morgan fingerprint density at radius 3 is 1.65 bits per heavy atom. The van der Waals surface area contributed by atoms with Gasteiger partial charge < -0.3 is 0 Å². The molecule has 0 spiro atoms. The van der Waals surface area contributed by atoms with Crippen molar-refractivity contribution in [2.24, 2.45) is 4.99 Å². The van der Waals surface area contributed by atoms with E-state index in [1.165, 1.54) is 71.4 Å². The number of nitrogens with zero attached hydrogens (tertiary/aromatic N) is 1. The summed E-state index contributed by atoms with van der Waals surface area (Å²) in [5, 5.41) is 16.4. The van der Waals surface area contributed by atoms with Crippen molar-refractivity contribution in [2.45, 2.75) is 19.3 Å². The van der Waals surface area contributed by atoms with Crippen LogP contribution >= 0.6 is 0 Å². The van der Waals surface area contributed by atoms with E-state index in [1.54, 1.807) is 0 Å². The second-order valence-electron chi connectivity index (χ2n) is 17.0. The molecule has 0 saturated carbocycles. The van der Waals surface area contributed by atoms with Crippen molar-refractivity contribution < 1.29 is 0 Å². The molecule has 1 N–H and O–H groups in total. The van der Waals surface area contributed by atoms with Crippen molar-refractivity contribution in [3.8, 4) is 44.5 Å². The maximum absolute atomic E-state index is 9.05. The molecule has 0 fully saturated rings. The molecule has 1 aliphatic rings. The van der Waals surface area contributed by atoms with Crippen LogP contribution in [-0.2, 0) is 5.41 Å². The van der Waals surface area contributed by atoms with E-state index in [9.17, 15) is 0 Å². The number of rotatable bonds is 7. The van der Waals surface area contributed by atoms with Crippen molar-refractivity contribution in [3.63, 3.8) is 0 Å². The zero-order valence-corrected chi connectivity index (χ0v) is 35.3. The van der Waals surface area contributed by atoms with Gasteiger partial charge in [0.25, 0.3) is 0 Å². The van der Waals surface area contributed by atoms with Gasteiger partial charge in [-0.3, -0.25) is 5.41 Å². The highest BCUT2D eigenvalue weighted by Crippen LogP contribution is 2.54. The number of allylic oxidation sites excluding steroid dienone is 1. The fourth-order valence-electron chi connectivity index (χ4n) is 9.97. The van der Waals surface area contributed by atoms with Crippen LogP contribution in [0.4, 0.5) is 0 Å². The number of aliphatic imine (C=N–C) groups is 1. The summed E-state index contributed by atoms with van der Waals surface area (Å²) in [6.07, 6.45) is 4.23. The number of hydrogen-bond acceptors (Lipinski definition) is 1. The molecule has 63 heavy (non-hydrogen) atoms. The van der Waals surface area contributed by atoms with Gasteiger partial charge in [-0.25, -0.2) is 4.99 Å². The largest absolute Gasteiger partial charge is 0.282 e. The lowest BCUT2D eigenvalue weighted by Gasteiger charge is -2.25. The lowest BCUT2D eigenvalue weighted by Crippen LogP contribution is -2.16. The quantitative estimate of drug-likeness (QED) is 0.123. The first-order chi connectivity index (χ1) is 30.9. The van der Waals surface area contributed by atoms with Gasteiger partial charge in [0.15, 0.2) is 5.84 Å².